The van der Waals surface area contributed by atoms with E-state index in [4.69, 9.17) is 17.0 Å². The summed E-state index contributed by atoms with van der Waals surface area (Å²) in [6.45, 7) is 1.56. The molecule has 88 valence electrons. The summed E-state index contributed by atoms with van der Waals surface area (Å²) in [5, 5.41) is 6.85. The summed E-state index contributed by atoms with van der Waals surface area (Å²) in [5.74, 6) is 0. The van der Waals surface area contributed by atoms with Crippen molar-refractivity contribution in [3.05, 3.63) is 28.7 Å². The Hall–Kier alpha value is -0.650. The number of hydrogen-bond acceptors (Lipinski definition) is 2. The summed E-state index contributed by atoms with van der Waals surface area (Å²) < 4.78 is 6.00. The summed E-state index contributed by atoms with van der Waals surface area (Å²) in [6, 6.07) is 7.87. The molecule has 1 aromatic carbocycles. The molecule has 0 bridgehead atoms. The lowest BCUT2D eigenvalue weighted by atomic mass is 10.3. The molecule has 0 heterocycles. The van der Waals surface area contributed by atoms with Gasteiger partial charge in [-0.1, -0.05) is 15.9 Å². The van der Waals surface area contributed by atoms with E-state index >= 15 is 0 Å². The number of halogens is 1. The van der Waals surface area contributed by atoms with Crippen LogP contribution >= 0.6 is 28.1 Å². The number of hydrogen-bond donors (Lipinski definition) is 2. The Morgan fingerprint density at radius 3 is 2.69 bits per heavy atom. The topological polar surface area (TPSA) is 33.3 Å². The van der Waals surface area contributed by atoms with Crippen LogP contribution in [-0.2, 0) is 4.74 Å². The van der Waals surface area contributed by atoms with Crippen LogP contribution in [0.5, 0.6) is 0 Å². The van der Waals surface area contributed by atoms with E-state index in [1.54, 1.807) is 7.11 Å². The summed E-state index contributed by atoms with van der Waals surface area (Å²) >= 11 is 8.52. The molecule has 2 N–H and O–H groups in total. The fourth-order valence-electron chi connectivity index (χ4n) is 1.13. The number of nitrogens with one attached hydrogen (secondary N) is 2. The van der Waals surface area contributed by atoms with E-state index in [0.29, 0.717) is 5.11 Å². The molecule has 0 unspecified atom stereocenters. The van der Waals surface area contributed by atoms with Crippen LogP contribution in [0.1, 0.15) is 6.42 Å². The highest BCUT2D eigenvalue weighted by atomic mass is 79.9. The highest BCUT2D eigenvalue weighted by Crippen LogP contribution is 2.13. The van der Waals surface area contributed by atoms with Gasteiger partial charge in [0.15, 0.2) is 5.11 Å². The largest absolute Gasteiger partial charge is 0.385 e. The number of ether oxygens (including phenoxy) is 1. The van der Waals surface area contributed by atoms with Crippen molar-refractivity contribution in [2.45, 2.75) is 6.42 Å². The van der Waals surface area contributed by atoms with Gasteiger partial charge in [0.2, 0.25) is 0 Å². The number of benzene rings is 1. The molecule has 0 aliphatic heterocycles. The molecule has 0 saturated carbocycles. The Morgan fingerprint density at radius 1 is 1.38 bits per heavy atom. The van der Waals surface area contributed by atoms with Gasteiger partial charge in [0.1, 0.15) is 0 Å². The molecule has 1 rings (SSSR count). The standard InChI is InChI=1S/C11H15BrN2OS/c1-15-8-2-7-13-11(16)14-10-5-3-9(12)4-6-10/h3-6H,2,7-8H2,1H3,(H2,13,14,16). The molecule has 0 aromatic heterocycles. The minimum Gasteiger partial charge on any atom is -0.385 e. The van der Waals surface area contributed by atoms with Crippen LogP contribution in [0, 0.1) is 0 Å². The average Bonchev–Trinajstić information content (AvgIpc) is 2.28. The average molecular weight is 303 g/mol. The molecule has 3 nitrogen and oxygen atoms in total. The smallest absolute Gasteiger partial charge is 0.170 e. The molecule has 0 aliphatic carbocycles. The fraction of sp³-hybridized carbons (Fsp3) is 0.364. The van der Waals surface area contributed by atoms with E-state index in [2.05, 4.69) is 26.6 Å². The van der Waals surface area contributed by atoms with Gasteiger partial charge in [0.05, 0.1) is 0 Å². The first-order valence-electron chi connectivity index (χ1n) is 5.01. The van der Waals surface area contributed by atoms with E-state index < -0.39 is 0 Å². The van der Waals surface area contributed by atoms with Crippen molar-refractivity contribution in [1.82, 2.24) is 5.32 Å². The minimum atomic E-state index is 0.637. The van der Waals surface area contributed by atoms with E-state index in [0.717, 1.165) is 29.7 Å². The second-order valence-corrected chi connectivity index (χ2v) is 4.56. The molecule has 0 spiro atoms. The van der Waals surface area contributed by atoms with Gasteiger partial charge in [-0.2, -0.15) is 0 Å². The predicted octanol–water partition coefficient (Wildman–Crippen LogP) is 2.77. The van der Waals surface area contributed by atoms with Crippen LogP contribution < -0.4 is 10.6 Å². The first-order chi connectivity index (χ1) is 7.72. The molecule has 0 amide bonds. The monoisotopic (exact) mass is 302 g/mol. The Morgan fingerprint density at radius 2 is 2.06 bits per heavy atom. The second kappa shape index (κ2) is 7.60. The Kier molecular flexibility index (Phi) is 6.37. The molecule has 16 heavy (non-hydrogen) atoms. The van der Waals surface area contributed by atoms with Crippen LogP contribution in [-0.4, -0.2) is 25.4 Å². The predicted molar refractivity (Wildman–Crippen MR) is 74.9 cm³/mol. The summed E-state index contributed by atoms with van der Waals surface area (Å²) in [5.41, 5.74) is 0.979. The minimum absolute atomic E-state index is 0.637. The number of rotatable bonds is 5. The lowest BCUT2D eigenvalue weighted by Gasteiger charge is -2.10. The fourth-order valence-corrected chi connectivity index (χ4v) is 1.61. The third-order valence-electron chi connectivity index (χ3n) is 1.91. The van der Waals surface area contributed by atoms with Crippen LogP contribution in [0.15, 0.2) is 28.7 Å². The van der Waals surface area contributed by atoms with E-state index in [-0.39, 0.29) is 0 Å². The van der Waals surface area contributed by atoms with Gasteiger partial charge in [0.25, 0.3) is 0 Å². The van der Waals surface area contributed by atoms with Crippen molar-refractivity contribution in [1.29, 1.82) is 0 Å². The molecular formula is C11H15BrN2OS. The molecule has 1 aromatic rings. The van der Waals surface area contributed by atoms with Crippen LogP contribution in [0.25, 0.3) is 0 Å². The molecule has 5 heteroatoms. The maximum absolute atomic E-state index is 5.14. The van der Waals surface area contributed by atoms with Crippen molar-refractivity contribution in [2.24, 2.45) is 0 Å². The van der Waals surface area contributed by atoms with Gasteiger partial charge >= 0.3 is 0 Å². The molecule has 0 aliphatic rings. The Bertz CT molecular complexity index is 329. The van der Waals surface area contributed by atoms with Crippen molar-refractivity contribution in [3.8, 4) is 0 Å². The highest BCUT2D eigenvalue weighted by Gasteiger charge is 1.96. The normalized spacial score (nSPS) is 9.88. The maximum Gasteiger partial charge on any atom is 0.170 e. The first-order valence-corrected chi connectivity index (χ1v) is 6.22. The molecule has 0 fully saturated rings. The molecular weight excluding hydrogens is 288 g/mol. The zero-order valence-electron chi connectivity index (χ0n) is 9.13. The number of thiocarbonyl (C=S) groups is 1. The number of methoxy groups -OCH3 is 1. The van der Waals surface area contributed by atoms with Crippen LogP contribution in [0.2, 0.25) is 0 Å². The van der Waals surface area contributed by atoms with Gasteiger partial charge in [-0.15, -0.1) is 0 Å². The maximum atomic E-state index is 5.14. The third kappa shape index (κ3) is 5.44. The van der Waals surface area contributed by atoms with Crippen LogP contribution in [0.4, 0.5) is 5.69 Å². The molecule has 0 saturated heterocycles. The quantitative estimate of drug-likeness (QED) is 0.647. The zero-order chi connectivity index (χ0) is 11.8. The van der Waals surface area contributed by atoms with Crippen molar-refractivity contribution in [3.63, 3.8) is 0 Å². The number of anilines is 1. The Labute approximate surface area is 110 Å². The summed E-state index contributed by atoms with van der Waals surface area (Å²) in [4.78, 5) is 0. The second-order valence-electron chi connectivity index (χ2n) is 3.23. The highest BCUT2D eigenvalue weighted by molar-refractivity contribution is 9.10. The zero-order valence-corrected chi connectivity index (χ0v) is 11.5. The van der Waals surface area contributed by atoms with Crippen LogP contribution in [0.3, 0.4) is 0 Å². The van der Waals surface area contributed by atoms with Gasteiger partial charge < -0.3 is 15.4 Å². The van der Waals surface area contributed by atoms with Gasteiger partial charge in [-0.25, -0.2) is 0 Å². The molecule has 0 atom stereocenters. The van der Waals surface area contributed by atoms with Gasteiger partial charge in [0, 0.05) is 30.4 Å². The van der Waals surface area contributed by atoms with Crippen molar-refractivity contribution < 1.29 is 4.74 Å². The van der Waals surface area contributed by atoms with Gasteiger partial charge in [-0.3, -0.25) is 0 Å². The summed E-state index contributed by atoms with van der Waals surface area (Å²) in [7, 11) is 1.69. The summed E-state index contributed by atoms with van der Waals surface area (Å²) in [6.07, 6.45) is 0.943. The lowest BCUT2D eigenvalue weighted by molar-refractivity contribution is 0.196. The van der Waals surface area contributed by atoms with Crippen molar-refractivity contribution in [2.75, 3.05) is 25.6 Å². The third-order valence-corrected chi connectivity index (χ3v) is 2.69. The van der Waals surface area contributed by atoms with Gasteiger partial charge in [-0.05, 0) is 42.9 Å². The van der Waals surface area contributed by atoms with E-state index in [9.17, 15) is 0 Å². The Balaban J connectivity index is 2.26. The lowest BCUT2D eigenvalue weighted by Crippen LogP contribution is -2.29. The van der Waals surface area contributed by atoms with Crippen molar-refractivity contribution >= 4 is 38.9 Å². The van der Waals surface area contributed by atoms with E-state index in [1.807, 2.05) is 24.3 Å². The SMILES string of the molecule is COCCCNC(=S)Nc1ccc(Br)cc1. The first kappa shape index (κ1) is 13.4. The van der Waals surface area contributed by atoms with E-state index in [1.165, 1.54) is 0 Å². The molecule has 0 radical (unpaired) electrons.